The molecule has 2 N–H and O–H groups in total. The molecule has 0 amide bonds. The number of halogens is 1. The maximum Gasteiger partial charge on any atom is 0.335 e. The van der Waals surface area contributed by atoms with Gasteiger partial charge in [0.1, 0.15) is 5.69 Å². The number of aromatic amines is 1. The number of aromatic carboxylic acids is 1. The first-order valence-corrected chi connectivity index (χ1v) is 7.74. The van der Waals surface area contributed by atoms with E-state index in [4.69, 9.17) is 5.11 Å². The zero-order valence-corrected chi connectivity index (χ0v) is 13.6. The fourth-order valence-corrected chi connectivity index (χ4v) is 2.83. The molecule has 7 nitrogen and oxygen atoms in total. The second kappa shape index (κ2) is 5.27. The molecule has 0 saturated carbocycles. The molecule has 2 aromatic carbocycles. The Balaban J connectivity index is 2.06. The first-order valence-electron chi connectivity index (χ1n) is 6.95. The highest BCUT2D eigenvalue weighted by atomic mass is 79.9. The minimum absolute atomic E-state index is 0.0849. The van der Waals surface area contributed by atoms with Crippen LogP contribution in [0.4, 0.5) is 0 Å². The highest BCUT2D eigenvalue weighted by Gasteiger charge is 2.15. The quantitative estimate of drug-likeness (QED) is 0.553. The molecule has 8 heteroatoms. The van der Waals surface area contributed by atoms with Crippen LogP contribution in [0.25, 0.3) is 27.8 Å². The van der Waals surface area contributed by atoms with Crippen LogP contribution >= 0.6 is 15.9 Å². The normalized spacial score (nSPS) is 11.2. The molecule has 24 heavy (non-hydrogen) atoms. The second-order valence-corrected chi connectivity index (χ2v) is 6.10. The molecular weight excluding hydrogens is 376 g/mol. The third kappa shape index (κ3) is 2.19. The number of H-pyrrole nitrogens is 1. The molecule has 0 aliphatic heterocycles. The number of aromatic nitrogens is 4. The van der Waals surface area contributed by atoms with Crippen LogP contribution in [0.5, 0.6) is 0 Å². The Bertz CT molecular complexity index is 1160. The number of carboxylic acids is 1. The van der Waals surface area contributed by atoms with E-state index >= 15 is 0 Å². The van der Waals surface area contributed by atoms with Crippen molar-refractivity contribution in [3.8, 4) is 11.3 Å². The fraction of sp³-hybridized carbons (Fsp3) is 0. The molecule has 2 heterocycles. The maximum atomic E-state index is 12.3. The van der Waals surface area contributed by atoms with Crippen molar-refractivity contribution in [3.05, 3.63) is 62.9 Å². The highest BCUT2D eigenvalue weighted by Crippen LogP contribution is 2.24. The number of carboxylic acid groups (broad SMARTS) is 1. The Morgan fingerprint density at radius 2 is 1.92 bits per heavy atom. The average molecular weight is 385 g/mol. The third-order valence-corrected chi connectivity index (χ3v) is 4.26. The van der Waals surface area contributed by atoms with E-state index in [1.165, 1.54) is 22.7 Å². The van der Waals surface area contributed by atoms with Crippen LogP contribution < -0.4 is 5.56 Å². The predicted molar refractivity (Wildman–Crippen MR) is 91.2 cm³/mol. The van der Waals surface area contributed by atoms with Gasteiger partial charge in [-0.1, -0.05) is 28.1 Å². The average Bonchev–Trinajstić information content (AvgIpc) is 2.99. The van der Waals surface area contributed by atoms with Crippen molar-refractivity contribution < 1.29 is 9.90 Å². The van der Waals surface area contributed by atoms with Gasteiger partial charge in [-0.3, -0.25) is 4.79 Å². The minimum atomic E-state index is -1.07. The number of hydrogen-bond donors (Lipinski definition) is 2. The van der Waals surface area contributed by atoms with E-state index in [1.807, 2.05) is 24.3 Å². The van der Waals surface area contributed by atoms with E-state index in [0.29, 0.717) is 22.2 Å². The zero-order valence-electron chi connectivity index (χ0n) is 12.0. The van der Waals surface area contributed by atoms with Crippen molar-refractivity contribution in [2.24, 2.45) is 0 Å². The number of hydrogen-bond acceptors (Lipinski definition) is 4. The molecule has 0 bridgehead atoms. The molecule has 0 fully saturated rings. The third-order valence-electron chi connectivity index (χ3n) is 3.73. The summed E-state index contributed by atoms with van der Waals surface area (Å²) in [7, 11) is 0. The summed E-state index contributed by atoms with van der Waals surface area (Å²) in [6, 6.07) is 11.7. The molecule has 2 aromatic heterocycles. The molecule has 0 aliphatic rings. The number of benzene rings is 2. The van der Waals surface area contributed by atoms with Gasteiger partial charge in [-0.15, -0.1) is 0 Å². The lowest BCUT2D eigenvalue weighted by molar-refractivity contribution is 0.0697. The van der Waals surface area contributed by atoms with Crippen molar-refractivity contribution in [3.63, 3.8) is 0 Å². The lowest BCUT2D eigenvalue weighted by Gasteiger charge is -2.02. The van der Waals surface area contributed by atoms with Crippen molar-refractivity contribution in [2.45, 2.75) is 0 Å². The molecule has 0 unspecified atom stereocenters. The van der Waals surface area contributed by atoms with Gasteiger partial charge in [0, 0.05) is 10.0 Å². The first kappa shape index (κ1) is 14.6. The van der Waals surface area contributed by atoms with Gasteiger partial charge in [-0.05, 0) is 30.3 Å². The maximum absolute atomic E-state index is 12.3. The predicted octanol–water partition coefficient (Wildman–Crippen LogP) is 2.70. The lowest BCUT2D eigenvalue weighted by Crippen LogP contribution is -2.11. The van der Waals surface area contributed by atoms with Gasteiger partial charge in [-0.25, -0.2) is 14.5 Å². The smallest absolute Gasteiger partial charge is 0.335 e. The number of nitrogens with zero attached hydrogens (tertiary/aromatic N) is 3. The summed E-state index contributed by atoms with van der Waals surface area (Å²) in [5, 5.41) is 16.5. The summed E-state index contributed by atoms with van der Waals surface area (Å²) >= 11 is 3.37. The van der Waals surface area contributed by atoms with E-state index < -0.39 is 11.5 Å². The van der Waals surface area contributed by atoms with E-state index in [2.05, 4.69) is 31.2 Å². The largest absolute Gasteiger partial charge is 0.478 e. The van der Waals surface area contributed by atoms with Gasteiger partial charge >= 0.3 is 5.97 Å². The Labute approximate surface area is 142 Å². The topological polar surface area (TPSA) is 100 Å². The van der Waals surface area contributed by atoms with Gasteiger partial charge in [0.2, 0.25) is 0 Å². The van der Waals surface area contributed by atoms with Gasteiger partial charge in [0.05, 0.1) is 16.5 Å². The number of rotatable bonds is 2. The molecule has 0 saturated heterocycles. The first-order chi connectivity index (χ1) is 11.5. The van der Waals surface area contributed by atoms with Crippen molar-refractivity contribution >= 4 is 38.4 Å². The zero-order chi connectivity index (χ0) is 16.8. The number of fused-ring (bicyclic) bond motifs is 3. The summed E-state index contributed by atoms with van der Waals surface area (Å²) in [6.07, 6.45) is 0. The van der Waals surface area contributed by atoms with Crippen LogP contribution in [0.3, 0.4) is 0 Å². The van der Waals surface area contributed by atoms with Crippen molar-refractivity contribution in [1.29, 1.82) is 0 Å². The molecule has 0 atom stereocenters. The standard InChI is InChI=1S/C16H9BrN4O3/c17-10-4-1-8(2-5-10)13-14-18-15(22)11-6-3-9(16(23)24)7-12(11)21(14)20-19-13/h1-7,20H,(H,23,24). The summed E-state index contributed by atoms with van der Waals surface area (Å²) in [6.45, 7) is 0. The highest BCUT2D eigenvalue weighted by molar-refractivity contribution is 9.10. The van der Waals surface area contributed by atoms with Crippen LogP contribution in [-0.2, 0) is 0 Å². The molecule has 118 valence electrons. The van der Waals surface area contributed by atoms with E-state index in [9.17, 15) is 9.59 Å². The number of carbonyl (C=O) groups is 1. The minimum Gasteiger partial charge on any atom is -0.478 e. The second-order valence-electron chi connectivity index (χ2n) is 5.18. The molecule has 0 spiro atoms. The molecule has 4 rings (SSSR count). The lowest BCUT2D eigenvalue weighted by atomic mass is 10.1. The monoisotopic (exact) mass is 384 g/mol. The van der Waals surface area contributed by atoms with E-state index in [1.54, 1.807) is 0 Å². The van der Waals surface area contributed by atoms with Crippen molar-refractivity contribution in [2.75, 3.05) is 0 Å². The van der Waals surface area contributed by atoms with Gasteiger partial charge in [0.25, 0.3) is 5.56 Å². The summed E-state index contributed by atoms with van der Waals surface area (Å²) in [4.78, 5) is 27.6. The van der Waals surface area contributed by atoms with Crippen LogP contribution in [0.15, 0.2) is 51.7 Å². The van der Waals surface area contributed by atoms with Crippen LogP contribution in [-0.4, -0.2) is 30.9 Å². The van der Waals surface area contributed by atoms with Crippen LogP contribution in [0.1, 0.15) is 10.4 Å². The van der Waals surface area contributed by atoms with E-state index in [-0.39, 0.29) is 5.56 Å². The molecular formula is C16H9BrN4O3. The molecule has 0 aliphatic carbocycles. The summed E-state index contributed by atoms with van der Waals surface area (Å²) in [5.74, 6) is -1.07. The molecule has 0 radical (unpaired) electrons. The van der Waals surface area contributed by atoms with Gasteiger partial charge in [-0.2, -0.15) is 10.1 Å². The summed E-state index contributed by atoms with van der Waals surface area (Å²) < 4.78 is 2.44. The fourth-order valence-electron chi connectivity index (χ4n) is 2.56. The van der Waals surface area contributed by atoms with Gasteiger partial charge in [0.15, 0.2) is 5.65 Å². The van der Waals surface area contributed by atoms with Crippen LogP contribution in [0, 0.1) is 0 Å². The Hall–Kier alpha value is -3.00. The van der Waals surface area contributed by atoms with E-state index in [0.717, 1.165) is 10.0 Å². The number of nitrogens with one attached hydrogen (secondary N) is 1. The Kier molecular flexibility index (Phi) is 3.20. The Morgan fingerprint density at radius 1 is 1.17 bits per heavy atom. The van der Waals surface area contributed by atoms with Crippen molar-refractivity contribution in [1.82, 2.24) is 19.8 Å². The molecule has 4 aromatic rings. The SMILES string of the molecule is O=C(O)c1ccc2c(=O)nc3c(-c4ccc(Br)cc4)n[nH]n3c2c1. The summed E-state index contributed by atoms with van der Waals surface area (Å²) in [5.41, 5.74) is 1.72. The Morgan fingerprint density at radius 3 is 2.62 bits per heavy atom. The van der Waals surface area contributed by atoms with Gasteiger partial charge < -0.3 is 5.11 Å². The van der Waals surface area contributed by atoms with Crippen LogP contribution in [0.2, 0.25) is 0 Å².